The summed E-state index contributed by atoms with van der Waals surface area (Å²) < 4.78 is 0. The topological polar surface area (TPSA) is 66.9 Å². The van der Waals surface area contributed by atoms with Gasteiger partial charge in [-0.3, -0.25) is 4.79 Å². The van der Waals surface area contributed by atoms with E-state index in [0.717, 1.165) is 5.56 Å². The van der Waals surface area contributed by atoms with Crippen molar-refractivity contribution in [2.24, 2.45) is 0 Å². The largest absolute Gasteiger partial charge is 0.350 e. The van der Waals surface area contributed by atoms with Gasteiger partial charge in [-0.1, -0.05) is 53.5 Å². The van der Waals surface area contributed by atoms with E-state index in [1.54, 1.807) is 24.3 Å². The fourth-order valence-electron chi connectivity index (χ4n) is 2.12. The van der Waals surface area contributed by atoms with Gasteiger partial charge in [0.05, 0.1) is 10.0 Å². The van der Waals surface area contributed by atoms with Crippen LogP contribution < -0.4 is 10.6 Å². The Bertz CT molecular complexity index is 887. The molecular weight excluding hydrogens is 359 g/mol. The van der Waals surface area contributed by atoms with Crippen LogP contribution in [0.3, 0.4) is 0 Å². The summed E-state index contributed by atoms with van der Waals surface area (Å²) in [4.78, 5) is 20.7. The van der Waals surface area contributed by atoms with Crippen molar-refractivity contribution in [2.75, 3.05) is 10.6 Å². The van der Waals surface area contributed by atoms with Gasteiger partial charge in [-0.05, 0) is 29.8 Å². The van der Waals surface area contributed by atoms with E-state index in [1.165, 1.54) is 6.20 Å². The molecule has 1 aromatic heterocycles. The van der Waals surface area contributed by atoms with E-state index < -0.39 is 0 Å². The van der Waals surface area contributed by atoms with Crippen LogP contribution in [0.1, 0.15) is 16.1 Å². The quantitative estimate of drug-likeness (QED) is 0.683. The molecule has 1 heterocycles. The predicted molar refractivity (Wildman–Crippen MR) is 100 cm³/mol. The van der Waals surface area contributed by atoms with Crippen molar-refractivity contribution in [1.82, 2.24) is 9.97 Å². The van der Waals surface area contributed by atoms with Crippen molar-refractivity contribution < 1.29 is 4.79 Å². The fourth-order valence-corrected chi connectivity index (χ4v) is 2.41. The maximum Gasteiger partial charge on any atom is 0.274 e. The van der Waals surface area contributed by atoms with Crippen LogP contribution in [0.25, 0.3) is 0 Å². The van der Waals surface area contributed by atoms with Gasteiger partial charge in [0.25, 0.3) is 5.91 Å². The van der Waals surface area contributed by atoms with E-state index in [0.29, 0.717) is 28.2 Å². The van der Waals surface area contributed by atoms with Gasteiger partial charge in [0.1, 0.15) is 5.69 Å². The molecule has 2 aromatic carbocycles. The minimum absolute atomic E-state index is 0.247. The standard InChI is InChI=1S/C18H14Cl2N4O/c19-14-7-6-13(10-15(14)20)23-17(25)16-8-9-21-18(24-16)22-11-12-4-2-1-3-5-12/h1-10H,11H2,(H,23,25)(H,21,22,24). The van der Waals surface area contributed by atoms with Gasteiger partial charge < -0.3 is 10.6 Å². The highest BCUT2D eigenvalue weighted by atomic mass is 35.5. The Morgan fingerprint density at radius 1 is 1.00 bits per heavy atom. The molecule has 5 nitrogen and oxygen atoms in total. The number of carbonyl (C=O) groups is 1. The highest BCUT2D eigenvalue weighted by Crippen LogP contribution is 2.25. The van der Waals surface area contributed by atoms with Crippen molar-refractivity contribution in [3.8, 4) is 0 Å². The Hall–Kier alpha value is -2.63. The van der Waals surface area contributed by atoms with E-state index in [4.69, 9.17) is 23.2 Å². The van der Waals surface area contributed by atoms with Crippen LogP contribution >= 0.6 is 23.2 Å². The van der Waals surface area contributed by atoms with Gasteiger partial charge in [0, 0.05) is 18.4 Å². The number of halogens is 2. The minimum atomic E-state index is -0.358. The molecule has 0 saturated heterocycles. The molecule has 0 aliphatic heterocycles. The molecule has 0 bridgehead atoms. The maximum atomic E-state index is 12.3. The number of rotatable bonds is 5. The highest BCUT2D eigenvalue weighted by molar-refractivity contribution is 6.42. The second kappa shape index (κ2) is 7.96. The Morgan fingerprint density at radius 3 is 2.56 bits per heavy atom. The lowest BCUT2D eigenvalue weighted by molar-refractivity contribution is 0.102. The summed E-state index contributed by atoms with van der Waals surface area (Å²) in [7, 11) is 0. The first-order chi connectivity index (χ1) is 12.1. The third-order valence-electron chi connectivity index (χ3n) is 3.36. The molecule has 2 N–H and O–H groups in total. The van der Waals surface area contributed by atoms with Crippen molar-refractivity contribution in [3.63, 3.8) is 0 Å². The van der Waals surface area contributed by atoms with Crippen LogP contribution in [0.2, 0.25) is 10.0 Å². The lowest BCUT2D eigenvalue weighted by atomic mass is 10.2. The third kappa shape index (κ3) is 4.68. The molecule has 126 valence electrons. The summed E-state index contributed by atoms with van der Waals surface area (Å²) in [5.41, 5.74) is 1.88. The number of aromatic nitrogens is 2. The first-order valence-corrected chi connectivity index (χ1v) is 8.24. The van der Waals surface area contributed by atoms with Crippen molar-refractivity contribution in [2.45, 2.75) is 6.54 Å². The van der Waals surface area contributed by atoms with Gasteiger partial charge in [-0.2, -0.15) is 0 Å². The van der Waals surface area contributed by atoms with Crippen molar-refractivity contribution in [3.05, 3.63) is 82.1 Å². The van der Waals surface area contributed by atoms with E-state index in [1.807, 2.05) is 30.3 Å². The second-order valence-corrected chi connectivity index (χ2v) is 6.00. The smallest absolute Gasteiger partial charge is 0.274 e. The zero-order valence-electron chi connectivity index (χ0n) is 13.0. The molecule has 1 amide bonds. The van der Waals surface area contributed by atoms with Crippen LogP contribution in [0.4, 0.5) is 11.6 Å². The average molecular weight is 373 g/mol. The summed E-state index contributed by atoms with van der Waals surface area (Å²) in [6.07, 6.45) is 1.53. The van der Waals surface area contributed by atoms with Crippen LogP contribution in [0, 0.1) is 0 Å². The lowest BCUT2D eigenvalue weighted by Gasteiger charge is -2.08. The Balaban J connectivity index is 1.67. The number of nitrogens with zero attached hydrogens (tertiary/aromatic N) is 2. The van der Waals surface area contributed by atoms with E-state index >= 15 is 0 Å². The van der Waals surface area contributed by atoms with Crippen LogP contribution in [-0.2, 0) is 6.54 Å². The number of amides is 1. The zero-order chi connectivity index (χ0) is 17.6. The second-order valence-electron chi connectivity index (χ2n) is 5.19. The molecule has 0 atom stereocenters. The Kier molecular flexibility index (Phi) is 5.48. The first kappa shape index (κ1) is 17.2. The lowest BCUT2D eigenvalue weighted by Crippen LogP contribution is -2.15. The molecule has 0 aliphatic rings. The van der Waals surface area contributed by atoms with Crippen molar-refractivity contribution in [1.29, 1.82) is 0 Å². The van der Waals surface area contributed by atoms with E-state index in [9.17, 15) is 4.79 Å². The van der Waals surface area contributed by atoms with Crippen molar-refractivity contribution >= 4 is 40.7 Å². The molecular formula is C18H14Cl2N4O. The molecule has 0 fully saturated rings. The highest BCUT2D eigenvalue weighted by Gasteiger charge is 2.10. The number of carbonyl (C=O) groups excluding carboxylic acids is 1. The van der Waals surface area contributed by atoms with E-state index in [2.05, 4.69) is 20.6 Å². The molecule has 0 saturated carbocycles. The summed E-state index contributed by atoms with van der Waals surface area (Å²) >= 11 is 11.8. The molecule has 0 spiro atoms. The number of nitrogens with one attached hydrogen (secondary N) is 2. The summed E-state index contributed by atoms with van der Waals surface area (Å²) in [5.74, 6) is 0.0224. The summed E-state index contributed by atoms with van der Waals surface area (Å²) in [6.45, 7) is 0.568. The van der Waals surface area contributed by atoms with Crippen LogP contribution in [0.15, 0.2) is 60.8 Å². The summed E-state index contributed by atoms with van der Waals surface area (Å²) in [6, 6.07) is 16.3. The van der Waals surface area contributed by atoms with Gasteiger partial charge in [0.15, 0.2) is 0 Å². The SMILES string of the molecule is O=C(Nc1ccc(Cl)c(Cl)c1)c1ccnc(NCc2ccccc2)n1. The zero-order valence-corrected chi connectivity index (χ0v) is 14.6. The average Bonchev–Trinajstić information content (AvgIpc) is 2.64. The Morgan fingerprint density at radius 2 is 1.80 bits per heavy atom. The molecule has 0 radical (unpaired) electrons. The van der Waals surface area contributed by atoms with Gasteiger partial charge >= 0.3 is 0 Å². The third-order valence-corrected chi connectivity index (χ3v) is 4.10. The number of hydrogen-bond acceptors (Lipinski definition) is 4. The molecule has 25 heavy (non-hydrogen) atoms. The van der Waals surface area contributed by atoms with Gasteiger partial charge in [-0.25, -0.2) is 9.97 Å². The maximum absolute atomic E-state index is 12.3. The van der Waals surface area contributed by atoms with E-state index in [-0.39, 0.29) is 11.6 Å². The van der Waals surface area contributed by atoms with Gasteiger partial charge in [0.2, 0.25) is 5.95 Å². The molecule has 0 unspecified atom stereocenters. The molecule has 7 heteroatoms. The summed E-state index contributed by atoms with van der Waals surface area (Å²) in [5, 5.41) is 6.62. The molecule has 0 aliphatic carbocycles. The Labute approximate surface area is 155 Å². The molecule has 3 aromatic rings. The van der Waals surface area contributed by atoms with Crippen LogP contribution in [0.5, 0.6) is 0 Å². The normalized spacial score (nSPS) is 10.3. The monoisotopic (exact) mass is 372 g/mol. The fraction of sp³-hybridized carbons (Fsp3) is 0.0556. The number of benzene rings is 2. The molecule has 3 rings (SSSR count). The van der Waals surface area contributed by atoms with Gasteiger partial charge in [-0.15, -0.1) is 0 Å². The minimum Gasteiger partial charge on any atom is -0.350 e. The van der Waals surface area contributed by atoms with Crippen LogP contribution in [-0.4, -0.2) is 15.9 Å². The number of anilines is 2. The predicted octanol–water partition coefficient (Wildman–Crippen LogP) is 4.65. The first-order valence-electron chi connectivity index (χ1n) is 7.49. The number of hydrogen-bond donors (Lipinski definition) is 2.